The summed E-state index contributed by atoms with van der Waals surface area (Å²) >= 11 is 0. The zero-order valence-electron chi connectivity index (χ0n) is 16.7. The number of halogens is 1. The van der Waals surface area contributed by atoms with Crippen LogP contribution >= 0.6 is 0 Å². The fourth-order valence-corrected chi connectivity index (χ4v) is 3.31. The number of carbonyl (C=O) groups is 1. The monoisotopic (exact) mass is 416 g/mol. The third-order valence-electron chi connectivity index (χ3n) is 4.94. The summed E-state index contributed by atoms with van der Waals surface area (Å²) in [5, 5.41) is 6.93. The molecule has 0 fully saturated rings. The van der Waals surface area contributed by atoms with Gasteiger partial charge in [-0.1, -0.05) is 47.6 Å². The molecular formula is C24H21FN4O2. The molecule has 0 saturated heterocycles. The highest BCUT2D eigenvalue weighted by Crippen LogP contribution is 2.38. The Kier molecular flexibility index (Phi) is 6.14. The number of nitrogens with zero attached hydrogens (tertiary/aromatic N) is 2. The molecule has 2 aromatic heterocycles. The highest BCUT2D eigenvalue weighted by molar-refractivity contribution is 5.97. The Hall–Kier alpha value is -3.84. The van der Waals surface area contributed by atoms with Crippen LogP contribution in [0.3, 0.4) is 0 Å². The molecule has 0 aliphatic heterocycles. The van der Waals surface area contributed by atoms with Gasteiger partial charge in [-0.2, -0.15) is 0 Å². The number of hydrogen-bond acceptors (Lipinski definition) is 5. The van der Waals surface area contributed by atoms with Gasteiger partial charge in [0, 0.05) is 36.5 Å². The lowest BCUT2D eigenvalue weighted by Crippen LogP contribution is -2.12. The van der Waals surface area contributed by atoms with Crippen molar-refractivity contribution in [2.45, 2.75) is 19.4 Å². The predicted molar refractivity (Wildman–Crippen MR) is 116 cm³/mol. The maximum absolute atomic E-state index is 14.3. The van der Waals surface area contributed by atoms with E-state index < -0.39 is 5.82 Å². The molecule has 6 nitrogen and oxygen atoms in total. The molecule has 2 aromatic carbocycles. The van der Waals surface area contributed by atoms with Crippen molar-refractivity contribution in [3.05, 3.63) is 90.0 Å². The number of nitrogens with two attached hydrogens (primary N) is 1. The molecule has 0 unspecified atom stereocenters. The molecular weight excluding hydrogens is 395 g/mol. The number of aromatic nitrogens is 2. The molecule has 0 aliphatic carbocycles. The summed E-state index contributed by atoms with van der Waals surface area (Å²) in [6, 6.07) is 18.0. The summed E-state index contributed by atoms with van der Waals surface area (Å²) in [4.78, 5) is 16.6. The Morgan fingerprint density at radius 3 is 2.52 bits per heavy atom. The lowest BCUT2D eigenvalue weighted by atomic mass is 10.0. The first-order chi connectivity index (χ1) is 15.2. The average Bonchev–Trinajstić information content (AvgIpc) is 3.22. The summed E-state index contributed by atoms with van der Waals surface area (Å²) in [7, 11) is 0. The Morgan fingerprint density at radius 1 is 1.03 bits per heavy atom. The van der Waals surface area contributed by atoms with E-state index in [2.05, 4.69) is 15.5 Å². The third-order valence-corrected chi connectivity index (χ3v) is 4.94. The quantitative estimate of drug-likeness (QED) is 0.460. The van der Waals surface area contributed by atoms with E-state index in [1.807, 2.05) is 30.3 Å². The first-order valence-electron chi connectivity index (χ1n) is 9.88. The molecule has 0 radical (unpaired) electrons. The molecule has 2 heterocycles. The van der Waals surface area contributed by atoms with Crippen molar-refractivity contribution in [3.63, 3.8) is 0 Å². The van der Waals surface area contributed by atoms with E-state index in [1.165, 1.54) is 6.07 Å². The molecule has 4 rings (SSSR count). The van der Waals surface area contributed by atoms with Gasteiger partial charge in [0.25, 0.3) is 0 Å². The van der Waals surface area contributed by atoms with Gasteiger partial charge < -0.3 is 10.3 Å². The van der Waals surface area contributed by atoms with Crippen LogP contribution in [0.5, 0.6) is 0 Å². The van der Waals surface area contributed by atoms with Crippen LogP contribution < -0.4 is 11.1 Å². The molecule has 0 bridgehead atoms. The first-order valence-corrected chi connectivity index (χ1v) is 9.88. The van der Waals surface area contributed by atoms with E-state index in [4.69, 9.17) is 10.3 Å². The van der Waals surface area contributed by atoms with Gasteiger partial charge in [0.05, 0.1) is 5.56 Å². The number of nitrogens with one attached hydrogen (secondary N) is 1. The van der Waals surface area contributed by atoms with E-state index in [-0.39, 0.29) is 24.8 Å². The van der Waals surface area contributed by atoms with Crippen molar-refractivity contribution >= 4 is 11.8 Å². The van der Waals surface area contributed by atoms with Crippen molar-refractivity contribution < 1.29 is 13.7 Å². The number of rotatable bonds is 7. The second-order valence-corrected chi connectivity index (χ2v) is 7.02. The topological polar surface area (TPSA) is 94.0 Å². The smallest absolute Gasteiger partial charge is 0.239 e. The van der Waals surface area contributed by atoms with Crippen molar-refractivity contribution in [1.29, 1.82) is 0 Å². The van der Waals surface area contributed by atoms with Crippen LogP contribution in [0.2, 0.25) is 0 Å². The Balaban J connectivity index is 1.64. The highest BCUT2D eigenvalue weighted by atomic mass is 19.1. The zero-order valence-corrected chi connectivity index (χ0v) is 16.7. The molecule has 0 aliphatic rings. The number of benzene rings is 2. The minimum absolute atomic E-state index is 0.102. The predicted octanol–water partition coefficient (Wildman–Crippen LogP) is 4.57. The molecule has 1 amide bonds. The Bertz CT molecular complexity index is 1180. The third kappa shape index (κ3) is 4.67. The minimum Gasteiger partial charge on any atom is -0.337 e. The van der Waals surface area contributed by atoms with Gasteiger partial charge in [0.1, 0.15) is 11.5 Å². The van der Waals surface area contributed by atoms with Gasteiger partial charge in [0.2, 0.25) is 11.8 Å². The highest BCUT2D eigenvalue weighted by Gasteiger charge is 2.22. The maximum atomic E-state index is 14.3. The normalized spacial score (nSPS) is 10.8. The molecule has 0 spiro atoms. The maximum Gasteiger partial charge on any atom is 0.239 e. The van der Waals surface area contributed by atoms with Gasteiger partial charge in [-0.3, -0.25) is 15.1 Å². The van der Waals surface area contributed by atoms with Crippen molar-refractivity contribution in [3.8, 4) is 22.4 Å². The first kappa shape index (κ1) is 20.4. The summed E-state index contributed by atoms with van der Waals surface area (Å²) in [5.41, 5.74) is 9.30. The molecule has 156 valence electrons. The summed E-state index contributed by atoms with van der Waals surface area (Å²) < 4.78 is 19.8. The summed E-state index contributed by atoms with van der Waals surface area (Å²) in [5.74, 6) is -0.411. The molecule has 31 heavy (non-hydrogen) atoms. The molecule has 0 saturated carbocycles. The largest absolute Gasteiger partial charge is 0.337 e. The van der Waals surface area contributed by atoms with E-state index in [0.717, 1.165) is 11.1 Å². The van der Waals surface area contributed by atoms with Gasteiger partial charge in [-0.25, -0.2) is 4.39 Å². The van der Waals surface area contributed by atoms with Crippen LogP contribution in [0.25, 0.3) is 22.4 Å². The number of hydrogen-bond donors (Lipinski definition) is 2. The van der Waals surface area contributed by atoms with E-state index in [9.17, 15) is 9.18 Å². The second kappa shape index (κ2) is 9.32. The summed E-state index contributed by atoms with van der Waals surface area (Å²) in [6.45, 7) is 0.102. The van der Waals surface area contributed by atoms with Crippen LogP contribution in [-0.4, -0.2) is 16.0 Å². The van der Waals surface area contributed by atoms with Crippen LogP contribution in [-0.2, 0) is 17.8 Å². The van der Waals surface area contributed by atoms with Crippen molar-refractivity contribution in [2.24, 2.45) is 5.73 Å². The van der Waals surface area contributed by atoms with Gasteiger partial charge in [-0.05, 0) is 35.7 Å². The fraction of sp³-hybridized carbons (Fsp3) is 0.125. The SMILES string of the molecule is NCc1ccc(-c2noc(NC(=O)CCc3ccccc3)c2-c2ccncc2)cc1F. The lowest BCUT2D eigenvalue weighted by molar-refractivity contribution is -0.116. The molecule has 3 N–H and O–H groups in total. The molecule has 4 aromatic rings. The number of carbonyl (C=O) groups excluding carboxylic acids is 1. The lowest BCUT2D eigenvalue weighted by Gasteiger charge is -2.07. The number of anilines is 1. The number of aryl methyl sites for hydroxylation is 1. The van der Waals surface area contributed by atoms with Crippen molar-refractivity contribution in [1.82, 2.24) is 10.1 Å². The van der Waals surface area contributed by atoms with Crippen LogP contribution in [0.15, 0.2) is 77.6 Å². The van der Waals surface area contributed by atoms with Crippen LogP contribution in [0.4, 0.5) is 10.3 Å². The van der Waals surface area contributed by atoms with E-state index in [0.29, 0.717) is 28.8 Å². The van der Waals surface area contributed by atoms with Crippen LogP contribution in [0, 0.1) is 5.82 Å². The van der Waals surface area contributed by atoms with Crippen molar-refractivity contribution in [2.75, 3.05) is 5.32 Å². The van der Waals surface area contributed by atoms with E-state index >= 15 is 0 Å². The Labute approximate surface area is 178 Å². The number of pyridine rings is 1. The summed E-state index contributed by atoms with van der Waals surface area (Å²) in [6.07, 6.45) is 4.15. The minimum atomic E-state index is -0.419. The van der Waals surface area contributed by atoms with Gasteiger partial charge >= 0.3 is 0 Å². The second-order valence-electron chi connectivity index (χ2n) is 7.02. The average molecular weight is 416 g/mol. The standard InChI is InChI=1S/C24H21FN4O2/c25-20-14-18(7-8-19(20)15-26)23-22(17-10-12-27-13-11-17)24(31-29-23)28-21(30)9-6-16-4-2-1-3-5-16/h1-5,7-8,10-14H,6,9,15,26H2,(H,28,30). The Morgan fingerprint density at radius 2 is 1.81 bits per heavy atom. The molecule has 0 atom stereocenters. The van der Waals surface area contributed by atoms with Crippen LogP contribution in [0.1, 0.15) is 17.5 Å². The fourth-order valence-electron chi connectivity index (χ4n) is 3.31. The van der Waals surface area contributed by atoms with E-state index in [1.54, 1.807) is 36.7 Å². The molecule has 7 heteroatoms. The number of amides is 1. The van der Waals surface area contributed by atoms with Gasteiger partial charge in [-0.15, -0.1) is 0 Å². The zero-order chi connectivity index (χ0) is 21.6. The van der Waals surface area contributed by atoms with Gasteiger partial charge in [0.15, 0.2) is 0 Å².